The van der Waals surface area contributed by atoms with Gasteiger partial charge in [0.05, 0.1) is 12.7 Å². The summed E-state index contributed by atoms with van der Waals surface area (Å²) in [4.78, 5) is 15.6. The fourth-order valence-corrected chi connectivity index (χ4v) is 5.08. The lowest BCUT2D eigenvalue weighted by atomic mass is 9.96. The minimum absolute atomic E-state index is 0.0982. The van der Waals surface area contributed by atoms with Gasteiger partial charge in [-0.15, -0.1) is 0 Å². The van der Waals surface area contributed by atoms with E-state index >= 15 is 0 Å². The Hall–Kier alpha value is -2.05. The summed E-state index contributed by atoms with van der Waals surface area (Å²) in [5.74, 6) is 0.405. The number of carbonyl (C=O) groups excluding carboxylic acids is 1. The van der Waals surface area contributed by atoms with Crippen molar-refractivity contribution < 1.29 is 9.53 Å². The third kappa shape index (κ3) is 4.28. The van der Waals surface area contributed by atoms with Crippen LogP contribution in [0.15, 0.2) is 40.9 Å². The SMILES string of the molecule is COc1cc(N)c(Br)cc1C(=O)NC1CC2CCC(C1)N2Cc1ccc(C)cc1. The van der Waals surface area contributed by atoms with Crippen LogP contribution in [0.3, 0.4) is 0 Å². The molecule has 0 aliphatic carbocycles. The van der Waals surface area contributed by atoms with Gasteiger partial charge in [0.15, 0.2) is 0 Å². The number of nitrogens with one attached hydrogen (secondary N) is 1. The third-order valence-electron chi connectivity index (χ3n) is 6.27. The number of ether oxygens (including phenoxy) is 1. The van der Waals surface area contributed by atoms with E-state index in [1.165, 1.54) is 24.0 Å². The van der Waals surface area contributed by atoms with E-state index in [9.17, 15) is 4.79 Å². The lowest BCUT2D eigenvalue weighted by Gasteiger charge is -2.39. The van der Waals surface area contributed by atoms with Crippen LogP contribution >= 0.6 is 15.9 Å². The van der Waals surface area contributed by atoms with Crippen LogP contribution < -0.4 is 15.8 Å². The van der Waals surface area contributed by atoms with Crippen LogP contribution in [0.25, 0.3) is 0 Å². The van der Waals surface area contributed by atoms with E-state index in [1.54, 1.807) is 19.2 Å². The molecule has 2 aromatic rings. The van der Waals surface area contributed by atoms with Crippen LogP contribution in [-0.2, 0) is 6.54 Å². The number of hydrogen-bond acceptors (Lipinski definition) is 4. The average Bonchev–Trinajstić information content (AvgIpc) is 2.93. The molecule has 4 rings (SSSR count). The van der Waals surface area contributed by atoms with Gasteiger partial charge in [0.2, 0.25) is 0 Å². The Morgan fingerprint density at radius 1 is 1.21 bits per heavy atom. The second-order valence-corrected chi connectivity index (χ2v) is 9.11. The zero-order valence-corrected chi connectivity index (χ0v) is 18.5. The Bertz CT molecular complexity index is 886. The molecule has 5 nitrogen and oxygen atoms in total. The quantitative estimate of drug-likeness (QED) is 0.657. The van der Waals surface area contributed by atoms with Crippen molar-refractivity contribution >= 4 is 27.5 Å². The van der Waals surface area contributed by atoms with Gasteiger partial charge in [-0.2, -0.15) is 0 Å². The number of halogens is 1. The number of amides is 1. The van der Waals surface area contributed by atoms with Crippen LogP contribution in [0.4, 0.5) is 5.69 Å². The Balaban J connectivity index is 1.42. The number of anilines is 1. The molecule has 3 N–H and O–H groups in total. The smallest absolute Gasteiger partial charge is 0.255 e. The Kier molecular flexibility index (Phi) is 5.83. The minimum Gasteiger partial charge on any atom is -0.496 e. The predicted octanol–water partition coefficient (Wildman–Crippen LogP) is 4.27. The van der Waals surface area contributed by atoms with E-state index < -0.39 is 0 Å². The molecule has 29 heavy (non-hydrogen) atoms. The molecule has 0 spiro atoms. The van der Waals surface area contributed by atoms with Crippen molar-refractivity contribution in [3.63, 3.8) is 0 Å². The first-order chi connectivity index (χ1) is 13.9. The molecule has 2 heterocycles. The van der Waals surface area contributed by atoms with Crippen molar-refractivity contribution in [2.45, 2.75) is 57.3 Å². The van der Waals surface area contributed by atoms with Gasteiger partial charge in [0, 0.05) is 40.9 Å². The maximum Gasteiger partial charge on any atom is 0.255 e. The molecule has 154 valence electrons. The summed E-state index contributed by atoms with van der Waals surface area (Å²) in [5.41, 5.74) is 9.65. The fraction of sp³-hybridized carbons (Fsp3) is 0.435. The number of fused-ring (bicyclic) bond motifs is 2. The number of carbonyl (C=O) groups is 1. The standard InChI is InChI=1S/C23H28BrN3O2/c1-14-3-5-15(6-4-14)13-27-17-7-8-18(27)10-16(9-17)26-23(28)19-11-20(24)21(25)12-22(19)29-2/h3-6,11-12,16-18H,7-10,13,25H2,1-2H3,(H,26,28). The molecule has 0 saturated carbocycles. The summed E-state index contributed by atoms with van der Waals surface area (Å²) in [6.07, 6.45) is 4.40. The van der Waals surface area contributed by atoms with Gasteiger partial charge in [0.25, 0.3) is 5.91 Å². The second kappa shape index (κ2) is 8.36. The number of hydrogen-bond donors (Lipinski definition) is 2. The Labute approximate surface area is 180 Å². The van der Waals surface area contributed by atoms with E-state index in [0.29, 0.717) is 33.6 Å². The van der Waals surface area contributed by atoms with Crippen LogP contribution in [0.2, 0.25) is 0 Å². The van der Waals surface area contributed by atoms with Crippen molar-refractivity contribution in [1.29, 1.82) is 0 Å². The third-order valence-corrected chi connectivity index (χ3v) is 6.96. The molecule has 6 heteroatoms. The number of rotatable bonds is 5. The first-order valence-corrected chi connectivity index (χ1v) is 11.0. The fourth-order valence-electron chi connectivity index (χ4n) is 4.73. The highest BCUT2D eigenvalue weighted by molar-refractivity contribution is 9.10. The Morgan fingerprint density at radius 3 is 2.48 bits per heavy atom. The van der Waals surface area contributed by atoms with Crippen molar-refractivity contribution in [1.82, 2.24) is 10.2 Å². The van der Waals surface area contributed by atoms with Crippen LogP contribution in [0, 0.1) is 6.92 Å². The van der Waals surface area contributed by atoms with Crippen molar-refractivity contribution in [3.05, 3.63) is 57.6 Å². The van der Waals surface area contributed by atoms with Crippen molar-refractivity contribution in [3.8, 4) is 5.75 Å². The zero-order chi connectivity index (χ0) is 20.5. The summed E-state index contributed by atoms with van der Waals surface area (Å²) < 4.78 is 6.07. The number of nitrogens with zero attached hydrogens (tertiary/aromatic N) is 1. The summed E-state index contributed by atoms with van der Waals surface area (Å²) in [5, 5.41) is 3.24. The van der Waals surface area contributed by atoms with E-state index in [2.05, 4.69) is 57.3 Å². The maximum absolute atomic E-state index is 12.9. The van der Waals surface area contributed by atoms with Crippen LogP contribution in [-0.4, -0.2) is 36.0 Å². The number of piperidine rings is 1. The van der Waals surface area contributed by atoms with E-state index in [0.717, 1.165) is 19.4 Å². The minimum atomic E-state index is -0.0982. The predicted molar refractivity (Wildman–Crippen MR) is 119 cm³/mol. The number of nitrogen functional groups attached to an aromatic ring is 1. The van der Waals surface area contributed by atoms with E-state index in [4.69, 9.17) is 10.5 Å². The van der Waals surface area contributed by atoms with Gasteiger partial charge in [-0.1, -0.05) is 29.8 Å². The van der Waals surface area contributed by atoms with Gasteiger partial charge >= 0.3 is 0 Å². The summed E-state index contributed by atoms with van der Waals surface area (Å²) in [6, 6.07) is 13.5. The molecule has 2 fully saturated rings. The molecule has 2 saturated heterocycles. The number of aryl methyl sites for hydroxylation is 1. The largest absolute Gasteiger partial charge is 0.496 e. The molecule has 0 radical (unpaired) electrons. The van der Waals surface area contributed by atoms with Crippen LogP contribution in [0.5, 0.6) is 5.75 Å². The Morgan fingerprint density at radius 2 is 1.86 bits per heavy atom. The average molecular weight is 458 g/mol. The molecular formula is C23H28BrN3O2. The van der Waals surface area contributed by atoms with E-state index in [1.807, 2.05) is 0 Å². The molecule has 0 aromatic heterocycles. The molecule has 2 atom stereocenters. The maximum atomic E-state index is 12.9. The van der Waals surface area contributed by atoms with E-state index in [-0.39, 0.29) is 11.9 Å². The topological polar surface area (TPSA) is 67.6 Å². The highest BCUT2D eigenvalue weighted by Crippen LogP contribution is 2.37. The highest BCUT2D eigenvalue weighted by atomic mass is 79.9. The lowest BCUT2D eigenvalue weighted by Crippen LogP contribution is -2.50. The van der Waals surface area contributed by atoms with Gasteiger partial charge in [-0.05, 0) is 60.2 Å². The highest BCUT2D eigenvalue weighted by Gasteiger charge is 2.41. The van der Waals surface area contributed by atoms with Crippen LogP contribution in [0.1, 0.15) is 47.2 Å². The van der Waals surface area contributed by atoms with Gasteiger partial charge in [-0.25, -0.2) is 0 Å². The number of methoxy groups -OCH3 is 1. The molecule has 2 aromatic carbocycles. The molecule has 2 unspecified atom stereocenters. The first-order valence-electron chi connectivity index (χ1n) is 10.2. The lowest BCUT2D eigenvalue weighted by molar-refractivity contribution is 0.0825. The molecular weight excluding hydrogens is 430 g/mol. The van der Waals surface area contributed by atoms with Gasteiger partial charge in [-0.3, -0.25) is 9.69 Å². The monoisotopic (exact) mass is 457 g/mol. The normalized spacial score (nSPS) is 23.8. The summed E-state index contributed by atoms with van der Waals surface area (Å²) in [7, 11) is 1.56. The van der Waals surface area contributed by atoms with Crippen molar-refractivity contribution in [2.75, 3.05) is 12.8 Å². The van der Waals surface area contributed by atoms with Crippen molar-refractivity contribution in [2.24, 2.45) is 0 Å². The number of nitrogens with two attached hydrogens (primary N) is 1. The molecule has 2 aliphatic heterocycles. The molecule has 1 amide bonds. The number of benzene rings is 2. The van der Waals surface area contributed by atoms with Gasteiger partial charge < -0.3 is 15.8 Å². The summed E-state index contributed by atoms with van der Waals surface area (Å²) >= 11 is 3.41. The van der Waals surface area contributed by atoms with Gasteiger partial charge in [0.1, 0.15) is 5.75 Å². The summed E-state index contributed by atoms with van der Waals surface area (Å²) in [6.45, 7) is 3.12. The molecule has 2 bridgehead atoms. The first kappa shape index (κ1) is 20.2. The molecule has 2 aliphatic rings. The zero-order valence-electron chi connectivity index (χ0n) is 17.0. The second-order valence-electron chi connectivity index (χ2n) is 8.26.